The maximum absolute atomic E-state index is 12.7. The molecule has 0 saturated carbocycles. The molecule has 0 unspecified atom stereocenters. The quantitative estimate of drug-likeness (QED) is 0.384. The normalized spacial score (nSPS) is 13.8. The van der Waals surface area contributed by atoms with Crippen LogP contribution in [0.3, 0.4) is 0 Å². The molecule has 1 aromatic carbocycles. The Bertz CT molecular complexity index is 869. The summed E-state index contributed by atoms with van der Waals surface area (Å²) in [6, 6.07) is 7.69. The first-order valence-corrected chi connectivity index (χ1v) is 12.4. The second-order valence-corrected chi connectivity index (χ2v) is 9.28. The zero-order chi connectivity index (χ0) is 22.8. The first-order valence-electron chi connectivity index (χ1n) is 10.6. The van der Waals surface area contributed by atoms with Gasteiger partial charge < -0.3 is 24.6 Å². The maximum Gasteiger partial charge on any atom is 0.230 e. The second kappa shape index (κ2) is 12.6. The Kier molecular flexibility index (Phi) is 9.57. The molecule has 32 heavy (non-hydrogen) atoms. The molecule has 0 bridgehead atoms. The number of aromatic nitrogens is 2. The molecule has 0 spiro atoms. The van der Waals surface area contributed by atoms with Gasteiger partial charge in [-0.1, -0.05) is 35.2 Å². The number of hydrogen-bond donors (Lipinski definition) is 1. The molecule has 1 aliphatic heterocycles. The van der Waals surface area contributed by atoms with E-state index in [0.29, 0.717) is 58.1 Å². The second-order valence-electron chi connectivity index (χ2n) is 7.10. The highest BCUT2D eigenvalue weighted by Gasteiger charge is 2.23. The van der Waals surface area contributed by atoms with Gasteiger partial charge in [0.1, 0.15) is 5.75 Å². The third-order valence-electron chi connectivity index (χ3n) is 4.84. The van der Waals surface area contributed by atoms with Crippen LogP contribution in [0.4, 0.5) is 5.13 Å². The minimum atomic E-state index is -0.0524. The predicted molar refractivity (Wildman–Crippen MR) is 126 cm³/mol. The van der Waals surface area contributed by atoms with Gasteiger partial charge in [0, 0.05) is 39.8 Å². The van der Waals surface area contributed by atoms with E-state index >= 15 is 0 Å². The van der Waals surface area contributed by atoms with Crippen molar-refractivity contribution in [3.05, 3.63) is 29.8 Å². The van der Waals surface area contributed by atoms with Crippen molar-refractivity contribution in [2.75, 3.05) is 63.7 Å². The van der Waals surface area contributed by atoms with Crippen molar-refractivity contribution < 1.29 is 19.1 Å². The number of anilines is 1. The number of nitrogens with zero attached hydrogens (tertiary/aromatic N) is 4. The molecule has 1 saturated heterocycles. The van der Waals surface area contributed by atoms with Gasteiger partial charge in [0.05, 0.1) is 25.4 Å². The zero-order valence-corrected chi connectivity index (χ0v) is 20.0. The standard InChI is InChI=1S/C21H29N5O4S2/c1-3-30-17-6-4-16(5-7-17)14-19(28)25-9-11-26(12-10-25)20-23-24-21(32-20)31-15-18(27)22-8-13-29-2/h4-7H,3,8-15H2,1-2H3,(H,22,27). The molecular weight excluding hydrogens is 450 g/mol. The Balaban J connectivity index is 1.41. The van der Waals surface area contributed by atoms with Crippen molar-refractivity contribution in [1.82, 2.24) is 20.4 Å². The fourth-order valence-corrected chi connectivity index (χ4v) is 4.89. The molecule has 1 fully saturated rings. The van der Waals surface area contributed by atoms with Gasteiger partial charge in [-0.2, -0.15) is 0 Å². The molecule has 1 N–H and O–H groups in total. The van der Waals surface area contributed by atoms with Gasteiger partial charge in [-0.05, 0) is 24.6 Å². The summed E-state index contributed by atoms with van der Waals surface area (Å²) in [6.45, 7) is 6.30. The van der Waals surface area contributed by atoms with Crippen LogP contribution >= 0.6 is 23.1 Å². The molecule has 9 nitrogen and oxygen atoms in total. The Labute approximate surface area is 196 Å². The Morgan fingerprint density at radius 3 is 2.59 bits per heavy atom. The van der Waals surface area contributed by atoms with Gasteiger partial charge in [-0.15, -0.1) is 10.2 Å². The summed E-state index contributed by atoms with van der Waals surface area (Å²) < 4.78 is 11.1. The zero-order valence-electron chi connectivity index (χ0n) is 18.4. The van der Waals surface area contributed by atoms with E-state index in [1.165, 1.54) is 23.1 Å². The molecule has 0 aliphatic carbocycles. The summed E-state index contributed by atoms with van der Waals surface area (Å²) >= 11 is 2.85. The predicted octanol–water partition coefficient (Wildman–Crippen LogP) is 1.68. The number of piperazine rings is 1. The van der Waals surface area contributed by atoms with E-state index in [4.69, 9.17) is 9.47 Å². The van der Waals surface area contributed by atoms with Crippen molar-refractivity contribution in [3.63, 3.8) is 0 Å². The van der Waals surface area contributed by atoms with Gasteiger partial charge in [0.2, 0.25) is 16.9 Å². The van der Waals surface area contributed by atoms with Gasteiger partial charge in [-0.3, -0.25) is 9.59 Å². The van der Waals surface area contributed by atoms with E-state index in [1.807, 2.05) is 36.1 Å². The monoisotopic (exact) mass is 479 g/mol. The van der Waals surface area contributed by atoms with Crippen molar-refractivity contribution in [2.45, 2.75) is 17.7 Å². The van der Waals surface area contributed by atoms with E-state index in [2.05, 4.69) is 20.4 Å². The van der Waals surface area contributed by atoms with Crippen LogP contribution in [-0.4, -0.2) is 85.7 Å². The molecule has 11 heteroatoms. The lowest BCUT2D eigenvalue weighted by Gasteiger charge is -2.34. The number of carbonyl (C=O) groups is 2. The van der Waals surface area contributed by atoms with Crippen LogP contribution < -0.4 is 15.0 Å². The van der Waals surface area contributed by atoms with Crippen molar-refractivity contribution in [1.29, 1.82) is 0 Å². The molecule has 0 radical (unpaired) electrons. The first kappa shape index (κ1) is 24.3. The minimum Gasteiger partial charge on any atom is -0.494 e. The summed E-state index contributed by atoms with van der Waals surface area (Å²) in [5, 5.41) is 12.1. The van der Waals surface area contributed by atoms with Crippen molar-refractivity contribution in [2.24, 2.45) is 0 Å². The van der Waals surface area contributed by atoms with Gasteiger partial charge in [0.15, 0.2) is 4.34 Å². The number of thioether (sulfide) groups is 1. The fraction of sp³-hybridized carbons (Fsp3) is 0.524. The molecule has 174 valence electrons. The van der Waals surface area contributed by atoms with Crippen molar-refractivity contribution in [3.8, 4) is 5.75 Å². The highest BCUT2D eigenvalue weighted by Crippen LogP contribution is 2.28. The topological polar surface area (TPSA) is 96.9 Å². The number of nitrogens with one attached hydrogen (secondary N) is 1. The molecule has 1 aromatic heterocycles. The summed E-state index contributed by atoms with van der Waals surface area (Å²) in [4.78, 5) is 28.5. The molecule has 2 aromatic rings. The summed E-state index contributed by atoms with van der Waals surface area (Å²) in [6.07, 6.45) is 0.387. The fourth-order valence-electron chi connectivity index (χ4n) is 3.16. The van der Waals surface area contributed by atoms with E-state index in [-0.39, 0.29) is 11.8 Å². The van der Waals surface area contributed by atoms with Gasteiger partial charge in [-0.25, -0.2) is 0 Å². The number of benzene rings is 1. The molecule has 2 heterocycles. The average Bonchev–Trinajstić information content (AvgIpc) is 3.28. The van der Waals surface area contributed by atoms with Gasteiger partial charge in [0.25, 0.3) is 0 Å². The lowest BCUT2D eigenvalue weighted by molar-refractivity contribution is -0.130. The third kappa shape index (κ3) is 7.35. The van der Waals surface area contributed by atoms with Crippen LogP contribution in [0.15, 0.2) is 28.6 Å². The van der Waals surface area contributed by atoms with Crippen LogP contribution in [0.2, 0.25) is 0 Å². The van der Waals surface area contributed by atoms with Crippen LogP contribution in [0, 0.1) is 0 Å². The van der Waals surface area contributed by atoms with E-state index < -0.39 is 0 Å². The Morgan fingerprint density at radius 2 is 1.91 bits per heavy atom. The van der Waals surface area contributed by atoms with Gasteiger partial charge >= 0.3 is 0 Å². The maximum atomic E-state index is 12.7. The first-order chi connectivity index (χ1) is 15.6. The van der Waals surface area contributed by atoms with Crippen LogP contribution in [0.5, 0.6) is 5.75 Å². The molecule has 2 amide bonds. The molecular formula is C21H29N5O4S2. The van der Waals surface area contributed by atoms with Crippen LogP contribution in [-0.2, 0) is 20.7 Å². The molecule has 3 rings (SSSR count). The number of rotatable bonds is 11. The number of carbonyl (C=O) groups excluding carboxylic acids is 2. The summed E-state index contributed by atoms with van der Waals surface area (Å²) in [7, 11) is 1.60. The SMILES string of the molecule is CCOc1ccc(CC(=O)N2CCN(c3nnc(SCC(=O)NCCOC)s3)CC2)cc1. The van der Waals surface area contributed by atoms with E-state index in [1.54, 1.807) is 7.11 Å². The number of amides is 2. The van der Waals surface area contributed by atoms with E-state index in [0.717, 1.165) is 20.8 Å². The third-order valence-corrected chi connectivity index (χ3v) is 6.96. The largest absolute Gasteiger partial charge is 0.494 e. The lowest BCUT2D eigenvalue weighted by atomic mass is 10.1. The van der Waals surface area contributed by atoms with Crippen molar-refractivity contribution >= 4 is 40.0 Å². The number of methoxy groups -OCH3 is 1. The minimum absolute atomic E-state index is 0.0524. The van der Waals surface area contributed by atoms with E-state index in [9.17, 15) is 9.59 Å². The number of hydrogen-bond acceptors (Lipinski definition) is 9. The average molecular weight is 480 g/mol. The van der Waals surface area contributed by atoms with Crippen LogP contribution in [0.1, 0.15) is 12.5 Å². The smallest absolute Gasteiger partial charge is 0.230 e. The molecule has 1 aliphatic rings. The summed E-state index contributed by atoms with van der Waals surface area (Å²) in [5.41, 5.74) is 0.984. The summed E-state index contributed by atoms with van der Waals surface area (Å²) in [5.74, 6) is 1.19. The molecule has 0 atom stereocenters. The van der Waals surface area contributed by atoms with Crippen LogP contribution in [0.25, 0.3) is 0 Å². The Morgan fingerprint density at radius 1 is 1.16 bits per heavy atom. The number of ether oxygens (including phenoxy) is 2. The Hall–Kier alpha value is -2.37. The lowest BCUT2D eigenvalue weighted by Crippen LogP contribution is -2.49. The highest BCUT2D eigenvalue weighted by molar-refractivity contribution is 8.01. The highest BCUT2D eigenvalue weighted by atomic mass is 32.2.